The van der Waals surface area contributed by atoms with Crippen molar-refractivity contribution in [1.29, 1.82) is 0 Å². The molecule has 1 N–H and O–H groups in total. The second-order valence-electron chi connectivity index (χ2n) is 5.44. The normalized spacial score (nSPS) is 25.7. The minimum absolute atomic E-state index is 0.630. The number of ether oxygens (including phenoxy) is 1. The van der Waals surface area contributed by atoms with Gasteiger partial charge in [-0.25, -0.2) is 4.68 Å². The highest BCUT2D eigenvalue weighted by Crippen LogP contribution is 2.22. The van der Waals surface area contributed by atoms with Crippen molar-refractivity contribution in [2.45, 2.75) is 13.8 Å². The second-order valence-corrected chi connectivity index (χ2v) is 5.44. The average molecular weight is 252 g/mol. The summed E-state index contributed by atoms with van der Waals surface area (Å²) in [6, 6.07) is 2.02. The van der Waals surface area contributed by atoms with Crippen LogP contribution in [0.3, 0.4) is 0 Å². The van der Waals surface area contributed by atoms with E-state index in [2.05, 4.69) is 29.2 Å². The number of nitrogens with zero attached hydrogens (tertiary/aromatic N) is 3. The molecule has 1 aliphatic heterocycles. The Hall–Kier alpha value is -1.23. The van der Waals surface area contributed by atoms with E-state index in [9.17, 15) is 0 Å². The Kier molecular flexibility index (Phi) is 4.11. The molecule has 0 amide bonds. The van der Waals surface area contributed by atoms with Gasteiger partial charge in [0.1, 0.15) is 0 Å². The van der Waals surface area contributed by atoms with Crippen molar-refractivity contribution in [1.82, 2.24) is 15.1 Å². The molecule has 2 unspecified atom stereocenters. The lowest BCUT2D eigenvalue weighted by Gasteiger charge is -2.31. The largest absolute Gasteiger partial charge is 0.481 e. The lowest BCUT2D eigenvalue weighted by molar-refractivity contribution is 0.373. The van der Waals surface area contributed by atoms with Crippen molar-refractivity contribution in [2.75, 3.05) is 38.2 Å². The first-order chi connectivity index (χ1) is 8.60. The van der Waals surface area contributed by atoms with E-state index in [0.29, 0.717) is 11.8 Å². The van der Waals surface area contributed by atoms with E-state index < -0.39 is 0 Å². The van der Waals surface area contributed by atoms with Gasteiger partial charge in [-0.15, -0.1) is 0 Å². The summed E-state index contributed by atoms with van der Waals surface area (Å²) in [5.41, 5.74) is 0. The van der Waals surface area contributed by atoms with Crippen LogP contribution in [0.25, 0.3) is 0 Å². The molecule has 5 nitrogen and oxygen atoms in total. The molecule has 2 heterocycles. The third kappa shape index (κ3) is 2.96. The van der Waals surface area contributed by atoms with E-state index in [1.165, 1.54) is 0 Å². The number of nitrogens with one attached hydrogen (secondary N) is 1. The van der Waals surface area contributed by atoms with Crippen molar-refractivity contribution < 1.29 is 4.74 Å². The number of rotatable bonds is 2. The molecule has 5 heteroatoms. The first-order valence-electron chi connectivity index (χ1n) is 6.64. The van der Waals surface area contributed by atoms with Crippen LogP contribution in [0.2, 0.25) is 0 Å². The van der Waals surface area contributed by atoms with Crippen LogP contribution in [0.5, 0.6) is 5.88 Å². The van der Waals surface area contributed by atoms with Crippen LogP contribution in [-0.4, -0.2) is 43.1 Å². The summed E-state index contributed by atoms with van der Waals surface area (Å²) in [6.45, 7) is 8.77. The molecular formula is C13H24N4O. The molecule has 18 heavy (non-hydrogen) atoms. The van der Waals surface area contributed by atoms with E-state index in [1.54, 1.807) is 11.8 Å². The molecule has 0 bridgehead atoms. The molecule has 0 radical (unpaired) electrons. The van der Waals surface area contributed by atoms with Gasteiger partial charge in [-0.05, 0) is 24.9 Å². The Morgan fingerprint density at radius 1 is 1.28 bits per heavy atom. The maximum absolute atomic E-state index is 5.29. The molecule has 1 aromatic rings. The van der Waals surface area contributed by atoms with E-state index >= 15 is 0 Å². The minimum Gasteiger partial charge on any atom is -0.481 e. The third-order valence-electron chi connectivity index (χ3n) is 3.41. The fourth-order valence-corrected chi connectivity index (χ4v) is 2.50. The molecule has 0 aliphatic carbocycles. The Morgan fingerprint density at radius 3 is 2.39 bits per heavy atom. The van der Waals surface area contributed by atoms with Gasteiger partial charge in [0.25, 0.3) is 0 Å². The maximum atomic E-state index is 5.29. The standard InChI is InChI=1S/C13H24N4O/c1-10-6-14-7-11(2)9-17(8-10)12-5-13(18-4)16(3)15-12/h5,10-11,14H,6-9H2,1-4H3. The van der Waals surface area contributed by atoms with Crippen molar-refractivity contribution in [2.24, 2.45) is 18.9 Å². The van der Waals surface area contributed by atoms with E-state index in [1.807, 2.05) is 13.1 Å². The van der Waals surface area contributed by atoms with Gasteiger partial charge in [-0.2, -0.15) is 5.10 Å². The molecule has 0 saturated carbocycles. The molecule has 2 rings (SSSR count). The highest BCUT2D eigenvalue weighted by atomic mass is 16.5. The molecule has 0 aromatic carbocycles. The average Bonchev–Trinajstić information content (AvgIpc) is 2.67. The quantitative estimate of drug-likeness (QED) is 0.856. The zero-order valence-electron chi connectivity index (χ0n) is 11.8. The van der Waals surface area contributed by atoms with Gasteiger partial charge < -0.3 is 15.0 Å². The van der Waals surface area contributed by atoms with Crippen molar-refractivity contribution >= 4 is 5.82 Å². The van der Waals surface area contributed by atoms with Gasteiger partial charge in [-0.3, -0.25) is 0 Å². The van der Waals surface area contributed by atoms with Crippen LogP contribution in [0.4, 0.5) is 5.82 Å². The number of methoxy groups -OCH3 is 1. The zero-order valence-corrected chi connectivity index (χ0v) is 11.8. The molecule has 1 fully saturated rings. The first kappa shape index (κ1) is 13.2. The van der Waals surface area contributed by atoms with Crippen LogP contribution >= 0.6 is 0 Å². The Bertz CT molecular complexity index is 378. The van der Waals surface area contributed by atoms with Crippen LogP contribution in [0.1, 0.15) is 13.8 Å². The topological polar surface area (TPSA) is 42.3 Å². The second kappa shape index (κ2) is 5.61. The molecule has 1 aliphatic rings. The van der Waals surface area contributed by atoms with Crippen molar-refractivity contribution in [3.63, 3.8) is 0 Å². The van der Waals surface area contributed by atoms with Gasteiger partial charge in [0.2, 0.25) is 5.88 Å². The first-order valence-corrected chi connectivity index (χ1v) is 6.64. The van der Waals surface area contributed by atoms with Crippen LogP contribution < -0.4 is 15.0 Å². The Labute approximate surface area is 109 Å². The SMILES string of the molecule is COc1cc(N2CC(C)CNCC(C)C2)nn1C. The molecule has 1 saturated heterocycles. The van der Waals surface area contributed by atoms with E-state index in [0.717, 1.165) is 37.9 Å². The summed E-state index contributed by atoms with van der Waals surface area (Å²) >= 11 is 0. The van der Waals surface area contributed by atoms with E-state index in [-0.39, 0.29) is 0 Å². The summed E-state index contributed by atoms with van der Waals surface area (Å²) in [5.74, 6) is 3.09. The molecule has 1 aromatic heterocycles. The van der Waals surface area contributed by atoms with Gasteiger partial charge in [0.15, 0.2) is 5.82 Å². The predicted molar refractivity (Wildman–Crippen MR) is 73.2 cm³/mol. The summed E-state index contributed by atoms with van der Waals surface area (Å²) < 4.78 is 7.08. The fourth-order valence-electron chi connectivity index (χ4n) is 2.50. The molecule has 0 spiro atoms. The fraction of sp³-hybridized carbons (Fsp3) is 0.769. The lowest BCUT2D eigenvalue weighted by Crippen LogP contribution is -2.42. The number of hydrogen-bond donors (Lipinski definition) is 1. The molecular weight excluding hydrogens is 228 g/mol. The summed E-state index contributed by atoms with van der Waals surface area (Å²) in [5, 5.41) is 8.05. The highest BCUT2D eigenvalue weighted by molar-refractivity contribution is 5.42. The Balaban J connectivity index is 2.16. The number of aromatic nitrogens is 2. The van der Waals surface area contributed by atoms with Crippen LogP contribution in [0, 0.1) is 11.8 Å². The maximum Gasteiger partial charge on any atom is 0.213 e. The smallest absolute Gasteiger partial charge is 0.213 e. The van der Waals surface area contributed by atoms with Gasteiger partial charge in [0, 0.05) is 26.2 Å². The van der Waals surface area contributed by atoms with Gasteiger partial charge in [0.05, 0.1) is 7.11 Å². The Morgan fingerprint density at radius 2 is 1.89 bits per heavy atom. The minimum atomic E-state index is 0.630. The summed E-state index contributed by atoms with van der Waals surface area (Å²) in [7, 11) is 3.60. The number of anilines is 1. The monoisotopic (exact) mass is 252 g/mol. The predicted octanol–water partition coefficient (Wildman–Crippen LogP) is 1.11. The molecule has 102 valence electrons. The number of hydrogen-bond acceptors (Lipinski definition) is 4. The molecule has 2 atom stereocenters. The summed E-state index contributed by atoms with van der Waals surface area (Å²) in [6.07, 6.45) is 0. The third-order valence-corrected chi connectivity index (χ3v) is 3.41. The lowest BCUT2D eigenvalue weighted by atomic mass is 10.1. The van der Waals surface area contributed by atoms with Crippen LogP contribution in [0.15, 0.2) is 6.07 Å². The van der Waals surface area contributed by atoms with E-state index in [4.69, 9.17) is 4.74 Å². The summed E-state index contributed by atoms with van der Waals surface area (Å²) in [4.78, 5) is 2.37. The van der Waals surface area contributed by atoms with Crippen molar-refractivity contribution in [3.8, 4) is 5.88 Å². The zero-order chi connectivity index (χ0) is 13.1. The van der Waals surface area contributed by atoms with Crippen molar-refractivity contribution in [3.05, 3.63) is 6.07 Å². The van der Waals surface area contributed by atoms with Crippen LogP contribution in [-0.2, 0) is 7.05 Å². The van der Waals surface area contributed by atoms with Gasteiger partial charge in [-0.1, -0.05) is 13.8 Å². The highest BCUT2D eigenvalue weighted by Gasteiger charge is 2.20. The van der Waals surface area contributed by atoms with Gasteiger partial charge >= 0.3 is 0 Å². The number of aryl methyl sites for hydroxylation is 1.